The molecule has 0 bridgehead atoms. The van der Waals surface area contributed by atoms with E-state index in [0.29, 0.717) is 5.82 Å². The van der Waals surface area contributed by atoms with Crippen LogP contribution >= 0.6 is 0 Å². The van der Waals surface area contributed by atoms with Gasteiger partial charge in [0.25, 0.3) is 0 Å². The molecule has 0 aliphatic carbocycles. The fourth-order valence-electron chi connectivity index (χ4n) is 2.02. The second kappa shape index (κ2) is 4.78. The summed E-state index contributed by atoms with van der Waals surface area (Å²) >= 11 is 0. The summed E-state index contributed by atoms with van der Waals surface area (Å²) in [5.74, 6) is -0.0610. The molecule has 0 spiro atoms. The van der Waals surface area contributed by atoms with E-state index in [1.807, 2.05) is 35.9 Å². The molecular formula is C13H17N3O2. The summed E-state index contributed by atoms with van der Waals surface area (Å²) in [4.78, 5) is 16.0. The van der Waals surface area contributed by atoms with Gasteiger partial charge in [-0.1, -0.05) is 12.1 Å². The Balaban J connectivity index is 2.42. The Morgan fingerprint density at radius 3 is 2.72 bits per heavy atom. The zero-order valence-corrected chi connectivity index (χ0v) is 10.8. The predicted molar refractivity (Wildman–Crippen MR) is 68.8 cm³/mol. The molecule has 0 saturated carbocycles. The quantitative estimate of drug-likeness (QED) is 0.832. The molecule has 1 aromatic carbocycles. The van der Waals surface area contributed by atoms with E-state index in [4.69, 9.17) is 10.5 Å². The molecule has 0 radical (unpaired) electrons. The van der Waals surface area contributed by atoms with E-state index in [0.717, 1.165) is 11.0 Å². The smallest absolute Gasteiger partial charge is 0.310 e. The number of imidazole rings is 1. The normalized spacial score (nSPS) is 14.4. The number of ether oxygens (including phenoxy) is 1. The number of aryl methyl sites for hydroxylation is 1. The molecule has 5 nitrogen and oxygen atoms in total. The molecule has 0 unspecified atom stereocenters. The number of methoxy groups -OCH3 is 1. The van der Waals surface area contributed by atoms with Crippen molar-refractivity contribution in [3.05, 3.63) is 30.1 Å². The minimum atomic E-state index is -0.477. The van der Waals surface area contributed by atoms with E-state index in [1.54, 1.807) is 6.92 Å². The van der Waals surface area contributed by atoms with Crippen LogP contribution in [0.15, 0.2) is 24.3 Å². The van der Waals surface area contributed by atoms with E-state index < -0.39 is 12.0 Å². The molecule has 2 rings (SSSR count). The lowest BCUT2D eigenvalue weighted by Gasteiger charge is -2.17. The SMILES string of the molecule is COC(=O)[C@H](C)[C@@H](N)c1nc2ccccc2n1C. The summed E-state index contributed by atoms with van der Waals surface area (Å²) in [6, 6.07) is 7.29. The maximum atomic E-state index is 11.5. The number of carbonyl (C=O) groups is 1. The lowest BCUT2D eigenvalue weighted by Crippen LogP contribution is -2.29. The van der Waals surface area contributed by atoms with Crippen LogP contribution in [0.1, 0.15) is 18.8 Å². The molecule has 0 amide bonds. The van der Waals surface area contributed by atoms with Crippen LogP contribution in [0, 0.1) is 5.92 Å². The van der Waals surface area contributed by atoms with Crippen molar-refractivity contribution in [2.75, 3.05) is 7.11 Å². The van der Waals surface area contributed by atoms with Gasteiger partial charge in [-0.2, -0.15) is 0 Å². The summed E-state index contributed by atoms with van der Waals surface area (Å²) in [5.41, 5.74) is 7.97. The van der Waals surface area contributed by atoms with Crippen molar-refractivity contribution in [2.24, 2.45) is 18.7 Å². The standard InChI is InChI=1S/C13H17N3O2/c1-8(13(17)18-3)11(14)12-15-9-6-4-5-7-10(9)16(12)2/h4-8,11H,14H2,1-3H3/t8-,11-/m1/s1. The summed E-state index contributed by atoms with van der Waals surface area (Å²) < 4.78 is 6.63. The van der Waals surface area contributed by atoms with Crippen LogP contribution in [-0.4, -0.2) is 22.6 Å². The monoisotopic (exact) mass is 247 g/mol. The Bertz CT molecular complexity index is 577. The number of benzene rings is 1. The third kappa shape index (κ3) is 1.97. The van der Waals surface area contributed by atoms with Crippen LogP contribution in [0.4, 0.5) is 0 Å². The maximum Gasteiger partial charge on any atom is 0.310 e. The number of nitrogens with zero attached hydrogens (tertiary/aromatic N) is 2. The van der Waals surface area contributed by atoms with Crippen LogP contribution in [0.2, 0.25) is 0 Å². The van der Waals surface area contributed by atoms with Gasteiger partial charge in [-0.15, -0.1) is 0 Å². The van der Waals surface area contributed by atoms with Crippen molar-refractivity contribution in [3.8, 4) is 0 Å². The molecule has 2 aromatic rings. The Kier molecular flexibility index (Phi) is 3.34. The number of rotatable bonds is 3. The average molecular weight is 247 g/mol. The largest absolute Gasteiger partial charge is 0.469 e. The average Bonchev–Trinajstić information content (AvgIpc) is 2.74. The second-order valence-electron chi connectivity index (χ2n) is 4.36. The number of fused-ring (bicyclic) bond motifs is 1. The van der Waals surface area contributed by atoms with Gasteiger partial charge in [0.1, 0.15) is 5.82 Å². The molecule has 1 aromatic heterocycles. The van der Waals surface area contributed by atoms with Crippen LogP contribution in [-0.2, 0) is 16.6 Å². The number of hydrogen-bond acceptors (Lipinski definition) is 4. The third-order valence-electron chi connectivity index (χ3n) is 3.23. The Hall–Kier alpha value is -1.88. The fourth-order valence-corrected chi connectivity index (χ4v) is 2.02. The maximum absolute atomic E-state index is 11.5. The van der Waals surface area contributed by atoms with E-state index in [9.17, 15) is 4.79 Å². The minimum Gasteiger partial charge on any atom is -0.469 e. The highest BCUT2D eigenvalue weighted by molar-refractivity contribution is 5.77. The van der Waals surface area contributed by atoms with Gasteiger partial charge in [-0.3, -0.25) is 4.79 Å². The first kappa shape index (κ1) is 12.6. The van der Waals surface area contributed by atoms with Gasteiger partial charge in [0.2, 0.25) is 0 Å². The highest BCUT2D eigenvalue weighted by Gasteiger charge is 2.26. The van der Waals surface area contributed by atoms with E-state index in [-0.39, 0.29) is 5.97 Å². The van der Waals surface area contributed by atoms with Gasteiger partial charge in [0.15, 0.2) is 0 Å². The first-order chi connectivity index (χ1) is 8.56. The van der Waals surface area contributed by atoms with Gasteiger partial charge >= 0.3 is 5.97 Å². The van der Waals surface area contributed by atoms with E-state index >= 15 is 0 Å². The molecule has 18 heavy (non-hydrogen) atoms. The Labute approximate surface area is 106 Å². The third-order valence-corrected chi connectivity index (χ3v) is 3.23. The second-order valence-corrected chi connectivity index (χ2v) is 4.36. The lowest BCUT2D eigenvalue weighted by molar-refractivity contribution is -0.145. The highest BCUT2D eigenvalue weighted by Crippen LogP contribution is 2.23. The summed E-state index contributed by atoms with van der Waals surface area (Å²) in [7, 11) is 3.26. The van der Waals surface area contributed by atoms with Crippen LogP contribution in [0.25, 0.3) is 11.0 Å². The number of aromatic nitrogens is 2. The summed E-state index contributed by atoms with van der Waals surface area (Å²) in [5, 5.41) is 0. The Morgan fingerprint density at radius 1 is 1.44 bits per heavy atom. The minimum absolute atomic E-state index is 0.324. The van der Waals surface area contributed by atoms with Gasteiger partial charge in [-0.05, 0) is 19.1 Å². The van der Waals surface area contributed by atoms with Gasteiger partial charge in [0.05, 0.1) is 30.1 Å². The number of carbonyl (C=O) groups excluding carboxylic acids is 1. The lowest BCUT2D eigenvalue weighted by atomic mass is 10.0. The van der Waals surface area contributed by atoms with Crippen LogP contribution in [0.5, 0.6) is 0 Å². The first-order valence-corrected chi connectivity index (χ1v) is 5.81. The number of para-hydroxylation sites is 2. The molecule has 2 N–H and O–H groups in total. The van der Waals surface area contributed by atoms with Gasteiger partial charge in [0, 0.05) is 7.05 Å². The summed E-state index contributed by atoms with van der Waals surface area (Å²) in [6.07, 6.45) is 0. The van der Waals surface area contributed by atoms with Crippen molar-refractivity contribution in [1.29, 1.82) is 0 Å². The Morgan fingerprint density at radius 2 is 2.11 bits per heavy atom. The molecule has 1 heterocycles. The molecular weight excluding hydrogens is 230 g/mol. The highest BCUT2D eigenvalue weighted by atomic mass is 16.5. The molecule has 2 atom stereocenters. The van der Waals surface area contributed by atoms with Crippen molar-refractivity contribution in [2.45, 2.75) is 13.0 Å². The predicted octanol–water partition coefficient (Wildman–Crippen LogP) is 1.38. The molecule has 5 heteroatoms. The van der Waals surface area contributed by atoms with Gasteiger partial charge < -0.3 is 15.0 Å². The molecule has 0 aliphatic rings. The zero-order chi connectivity index (χ0) is 13.3. The van der Waals surface area contributed by atoms with Crippen LogP contribution < -0.4 is 5.73 Å². The topological polar surface area (TPSA) is 70.1 Å². The number of hydrogen-bond donors (Lipinski definition) is 1. The fraction of sp³-hybridized carbons (Fsp3) is 0.385. The van der Waals surface area contributed by atoms with Crippen molar-refractivity contribution >= 4 is 17.0 Å². The first-order valence-electron chi connectivity index (χ1n) is 5.81. The van der Waals surface area contributed by atoms with Crippen molar-refractivity contribution in [1.82, 2.24) is 9.55 Å². The van der Waals surface area contributed by atoms with Crippen LogP contribution in [0.3, 0.4) is 0 Å². The number of esters is 1. The molecule has 0 saturated heterocycles. The van der Waals surface area contributed by atoms with E-state index in [1.165, 1.54) is 7.11 Å². The molecule has 0 fully saturated rings. The van der Waals surface area contributed by atoms with Crippen molar-refractivity contribution < 1.29 is 9.53 Å². The van der Waals surface area contributed by atoms with Crippen molar-refractivity contribution in [3.63, 3.8) is 0 Å². The number of nitrogens with two attached hydrogens (primary N) is 1. The molecule has 0 aliphatic heterocycles. The van der Waals surface area contributed by atoms with Gasteiger partial charge in [-0.25, -0.2) is 4.98 Å². The molecule has 96 valence electrons. The van der Waals surface area contributed by atoms with E-state index in [2.05, 4.69) is 4.98 Å². The summed E-state index contributed by atoms with van der Waals surface area (Å²) in [6.45, 7) is 1.75. The zero-order valence-electron chi connectivity index (χ0n) is 10.8.